The lowest BCUT2D eigenvalue weighted by molar-refractivity contribution is -0.255. The van der Waals surface area contributed by atoms with Gasteiger partial charge in [0.15, 0.2) is 0 Å². The Morgan fingerprint density at radius 3 is 2.53 bits per heavy atom. The molecule has 3 aliphatic carbocycles. The molecular formula is C42H55N3O8. The monoisotopic (exact) mass is 729 g/mol. The number of aliphatic hydroxyl groups is 2. The predicted molar refractivity (Wildman–Crippen MR) is 201 cm³/mol. The molecule has 1 aliphatic heterocycles. The summed E-state index contributed by atoms with van der Waals surface area (Å²) in [6, 6.07) is 14.6. The van der Waals surface area contributed by atoms with Crippen LogP contribution in [0.2, 0.25) is 0 Å². The van der Waals surface area contributed by atoms with Gasteiger partial charge in [0.05, 0.1) is 18.2 Å². The number of fused-ring (bicyclic) bond motifs is 2. The maximum absolute atomic E-state index is 13.8. The van der Waals surface area contributed by atoms with Gasteiger partial charge in [0.25, 0.3) is 0 Å². The first-order valence-electron chi connectivity index (χ1n) is 19.3. The van der Waals surface area contributed by atoms with Crippen molar-refractivity contribution < 1.29 is 38.9 Å². The van der Waals surface area contributed by atoms with E-state index in [9.17, 15) is 19.8 Å². The van der Waals surface area contributed by atoms with Crippen LogP contribution < -0.4 is 14.8 Å². The molecule has 2 aromatic carbocycles. The van der Waals surface area contributed by atoms with Crippen LogP contribution in [0.1, 0.15) is 81.8 Å². The molecule has 3 N–H and O–H groups in total. The highest BCUT2D eigenvalue weighted by atomic mass is 16.7. The Bertz CT molecular complexity index is 1640. The smallest absolute Gasteiger partial charge is 0.412 e. The highest BCUT2D eigenvalue weighted by Crippen LogP contribution is 2.62. The fourth-order valence-corrected chi connectivity index (χ4v) is 8.62. The van der Waals surface area contributed by atoms with Gasteiger partial charge < -0.3 is 39.5 Å². The van der Waals surface area contributed by atoms with Crippen LogP contribution in [0.25, 0.3) is 0 Å². The van der Waals surface area contributed by atoms with Gasteiger partial charge in [-0.15, -0.1) is 6.58 Å². The molecule has 2 aromatic rings. The highest BCUT2D eigenvalue weighted by molar-refractivity contribution is 6.03. The van der Waals surface area contributed by atoms with Crippen molar-refractivity contribution in [3.8, 4) is 11.5 Å². The molecule has 2 saturated carbocycles. The third-order valence-corrected chi connectivity index (χ3v) is 11.2. The molecule has 6 unspecified atom stereocenters. The van der Waals surface area contributed by atoms with E-state index in [0.29, 0.717) is 43.9 Å². The van der Waals surface area contributed by atoms with E-state index in [1.807, 2.05) is 61.3 Å². The van der Waals surface area contributed by atoms with Crippen LogP contribution >= 0.6 is 0 Å². The molecule has 6 atom stereocenters. The Morgan fingerprint density at radius 2 is 1.83 bits per heavy atom. The summed E-state index contributed by atoms with van der Waals surface area (Å²) in [6.45, 7) is 7.00. The topological polar surface area (TPSA) is 139 Å². The summed E-state index contributed by atoms with van der Waals surface area (Å²) in [5, 5.41) is 27.1. The number of nitrogens with zero attached hydrogens (tertiary/aromatic N) is 2. The second-order valence-corrected chi connectivity index (χ2v) is 14.6. The molecule has 6 rings (SSSR count). The Morgan fingerprint density at radius 1 is 1.08 bits per heavy atom. The maximum atomic E-state index is 13.8. The Balaban J connectivity index is 1.48. The maximum Gasteiger partial charge on any atom is 0.412 e. The number of likely N-dealkylation sites (N-methyl/N-ethyl adjacent to an activating group) is 1. The Hall–Kier alpha value is -4.19. The molecule has 4 aliphatic rings. The van der Waals surface area contributed by atoms with Crippen LogP contribution in [0, 0.1) is 23.7 Å². The minimum Gasteiger partial charge on any atom is -0.459 e. The van der Waals surface area contributed by atoms with Crippen molar-refractivity contribution >= 4 is 17.7 Å². The van der Waals surface area contributed by atoms with Crippen LogP contribution in [-0.2, 0) is 20.9 Å². The lowest BCUT2D eigenvalue weighted by atomic mass is 9.55. The van der Waals surface area contributed by atoms with Gasteiger partial charge in [-0.2, -0.15) is 0 Å². The summed E-state index contributed by atoms with van der Waals surface area (Å²) >= 11 is 0. The number of amides is 2. The first-order valence-corrected chi connectivity index (χ1v) is 19.3. The first-order chi connectivity index (χ1) is 25.8. The molecule has 2 amide bonds. The number of allylic oxidation sites excluding steroid dienone is 1. The molecule has 53 heavy (non-hydrogen) atoms. The van der Waals surface area contributed by atoms with Crippen molar-refractivity contribution in [2.24, 2.45) is 28.8 Å². The van der Waals surface area contributed by atoms with E-state index in [2.05, 4.69) is 18.0 Å². The number of nitrogens with one attached hydrogen (secondary N) is 1. The number of rotatable bonds is 18. The van der Waals surface area contributed by atoms with Crippen molar-refractivity contribution in [2.75, 3.05) is 33.5 Å². The highest BCUT2D eigenvalue weighted by Gasteiger charge is 2.65. The minimum absolute atomic E-state index is 0.0198. The van der Waals surface area contributed by atoms with Gasteiger partial charge in [-0.1, -0.05) is 60.5 Å². The molecule has 0 spiro atoms. The first kappa shape index (κ1) is 38.5. The largest absolute Gasteiger partial charge is 0.459 e. The third-order valence-electron chi connectivity index (χ3n) is 11.2. The van der Waals surface area contributed by atoms with Crippen LogP contribution in [0.3, 0.4) is 0 Å². The normalized spacial score (nSPS) is 26.4. The average molecular weight is 730 g/mol. The van der Waals surface area contributed by atoms with Crippen molar-refractivity contribution in [1.82, 2.24) is 10.2 Å². The second kappa shape index (κ2) is 17.8. The summed E-state index contributed by atoms with van der Waals surface area (Å²) in [5.41, 5.74) is 3.59. The summed E-state index contributed by atoms with van der Waals surface area (Å²) in [4.78, 5) is 34.5. The van der Waals surface area contributed by atoms with Crippen molar-refractivity contribution in [2.45, 2.75) is 89.0 Å². The Labute approximate surface area is 313 Å². The lowest BCUT2D eigenvalue weighted by Gasteiger charge is -2.59. The fraction of sp³-hybridized carbons (Fsp3) is 0.548. The predicted octanol–water partition coefficient (Wildman–Crippen LogP) is 6.50. The van der Waals surface area contributed by atoms with Crippen LogP contribution in [0.15, 0.2) is 78.0 Å². The number of hydrogen-bond donors (Lipinski definition) is 3. The number of carbonyl (C=O) groups excluding carboxylic acids is 2. The van der Waals surface area contributed by atoms with E-state index in [1.54, 1.807) is 12.1 Å². The van der Waals surface area contributed by atoms with E-state index in [-0.39, 0.29) is 49.4 Å². The average Bonchev–Trinajstić information content (AvgIpc) is 4.03. The third kappa shape index (κ3) is 8.47. The number of aliphatic hydroxyl groups excluding tert-OH is 2. The second-order valence-electron chi connectivity index (χ2n) is 14.6. The van der Waals surface area contributed by atoms with Gasteiger partial charge in [0, 0.05) is 50.6 Å². The zero-order valence-corrected chi connectivity index (χ0v) is 31.1. The van der Waals surface area contributed by atoms with Gasteiger partial charge in [0.1, 0.15) is 24.1 Å². The number of hydrogen-bond acceptors (Lipinski definition) is 9. The minimum atomic E-state index is -1.29. The van der Waals surface area contributed by atoms with Crippen molar-refractivity contribution in [3.63, 3.8) is 0 Å². The van der Waals surface area contributed by atoms with Crippen molar-refractivity contribution in [1.29, 1.82) is 0 Å². The molecule has 1 heterocycles. The Kier molecular flexibility index (Phi) is 12.9. The molecule has 0 aromatic heterocycles. The van der Waals surface area contributed by atoms with E-state index in [0.717, 1.165) is 60.9 Å². The van der Waals surface area contributed by atoms with E-state index >= 15 is 0 Å². The fourth-order valence-electron chi connectivity index (χ4n) is 8.62. The van der Waals surface area contributed by atoms with Gasteiger partial charge >= 0.3 is 6.09 Å². The molecule has 0 saturated heterocycles. The summed E-state index contributed by atoms with van der Waals surface area (Å²) < 4.78 is 19.9. The zero-order valence-electron chi connectivity index (χ0n) is 31.1. The van der Waals surface area contributed by atoms with E-state index in [4.69, 9.17) is 24.2 Å². The number of carbonyl (C=O) groups is 2. The summed E-state index contributed by atoms with van der Waals surface area (Å²) in [7, 11) is 1.84. The summed E-state index contributed by atoms with van der Waals surface area (Å²) in [6.07, 6.45) is 10.2. The van der Waals surface area contributed by atoms with E-state index in [1.165, 1.54) is 0 Å². The molecule has 11 nitrogen and oxygen atoms in total. The molecule has 286 valence electrons. The SMILES string of the molecule is C=CCOC12Oc3ccc(OC(=O)NCc4ccccc4)cc3C3C(CCCCO)C(CCCCO)C=C(C(=NOCC)CC1N(C)C(=O)C1CC1)C32. The summed E-state index contributed by atoms with van der Waals surface area (Å²) in [5.74, 6) is -0.679. The van der Waals surface area contributed by atoms with Gasteiger partial charge in [-0.05, 0) is 86.6 Å². The molecular weight excluding hydrogens is 674 g/mol. The molecule has 2 fully saturated rings. The van der Waals surface area contributed by atoms with Gasteiger partial charge in [-0.25, -0.2) is 4.79 Å². The molecule has 11 heteroatoms. The number of benzene rings is 2. The standard InChI is InChI=1S/C42H55N3O8/c1-4-23-50-42-37(45(3)40(48)29-17-18-29)26-35(44-51-5-2)33-24-30(15-9-11-21-46)32(16-10-12-22-47)38(39(33)42)34-25-31(19-20-36(34)53-42)52-41(49)43-27-28-13-7-6-8-14-28/h4,6-8,13-14,19-20,24-25,29-30,32,37-39,46-47H,1,5,9-12,15-18,21-23,26-27H2,2-3H3,(H,43,49). The quantitative estimate of drug-likeness (QED) is 0.0899. The molecule has 0 bridgehead atoms. The zero-order chi connectivity index (χ0) is 37.4. The van der Waals surface area contributed by atoms with Gasteiger partial charge in [0.2, 0.25) is 11.7 Å². The molecule has 0 radical (unpaired) electrons. The number of oxime groups is 1. The van der Waals surface area contributed by atoms with Crippen LogP contribution in [0.4, 0.5) is 4.79 Å². The van der Waals surface area contributed by atoms with E-state index < -0.39 is 23.8 Å². The van der Waals surface area contributed by atoms with Crippen LogP contribution in [0.5, 0.6) is 11.5 Å². The number of ether oxygens (including phenoxy) is 3. The van der Waals surface area contributed by atoms with Crippen LogP contribution in [-0.4, -0.2) is 78.1 Å². The lowest BCUT2D eigenvalue weighted by Crippen LogP contribution is -2.69. The number of unbranched alkanes of at least 4 members (excludes halogenated alkanes) is 2. The van der Waals surface area contributed by atoms with Gasteiger partial charge in [-0.3, -0.25) is 4.79 Å². The van der Waals surface area contributed by atoms with Crippen molar-refractivity contribution in [3.05, 3.63) is 84.0 Å².